The van der Waals surface area contributed by atoms with Gasteiger partial charge in [-0.15, -0.1) is 0 Å². The lowest BCUT2D eigenvalue weighted by atomic mass is 10.3. The molecule has 86 valence electrons. The van der Waals surface area contributed by atoms with Crippen molar-refractivity contribution >= 4 is 21.6 Å². The lowest BCUT2D eigenvalue weighted by Gasteiger charge is -2.02. The Morgan fingerprint density at radius 3 is 2.00 bits per heavy atom. The molecule has 0 aromatic heterocycles. The Balaban J connectivity index is 2.88. The summed E-state index contributed by atoms with van der Waals surface area (Å²) in [4.78, 5) is 21.6. The molecule has 0 fully saturated rings. The summed E-state index contributed by atoms with van der Waals surface area (Å²) < 4.78 is 26.9. The molecule has 0 N–H and O–H groups in total. The Morgan fingerprint density at radius 2 is 1.62 bits per heavy atom. The first-order valence-corrected chi connectivity index (χ1v) is 6.22. The van der Waals surface area contributed by atoms with E-state index in [1.807, 2.05) is 0 Å². The Morgan fingerprint density at radius 1 is 1.12 bits per heavy atom. The maximum atomic E-state index is 11.1. The molecule has 1 aromatic rings. The van der Waals surface area contributed by atoms with Gasteiger partial charge in [-0.2, -0.15) is 0 Å². The van der Waals surface area contributed by atoms with Crippen LogP contribution in [-0.4, -0.2) is 26.4 Å². The van der Waals surface area contributed by atoms with Gasteiger partial charge in [0.1, 0.15) is 5.75 Å². The highest BCUT2D eigenvalue weighted by atomic mass is 32.2. The maximum Gasteiger partial charge on any atom is 0.379 e. The molecule has 0 atom stereocenters. The molecule has 0 spiro atoms. The summed E-state index contributed by atoms with van der Waals surface area (Å²) in [5.74, 6) is -1.56. The minimum absolute atomic E-state index is 0.120. The van der Waals surface area contributed by atoms with Crippen LogP contribution < -0.4 is 4.74 Å². The van der Waals surface area contributed by atoms with E-state index in [0.717, 1.165) is 13.2 Å². The number of sulfone groups is 1. The van der Waals surface area contributed by atoms with Crippen LogP contribution in [0.1, 0.15) is 6.92 Å². The first kappa shape index (κ1) is 12.4. The van der Waals surface area contributed by atoms with E-state index in [1.165, 1.54) is 24.3 Å². The summed E-state index contributed by atoms with van der Waals surface area (Å²) >= 11 is 0. The topological polar surface area (TPSA) is 77.5 Å². The van der Waals surface area contributed by atoms with Gasteiger partial charge in [0, 0.05) is 13.2 Å². The number of ketones is 1. The lowest BCUT2D eigenvalue weighted by molar-refractivity contribution is -0.146. The van der Waals surface area contributed by atoms with Crippen LogP contribution in [0.15, 0.2) is 29.2 Å². The van der Waals surface area contributed by atoms with E-state index in [4.69, 9.17) is 0 Å². The largest absolute Gasteiger partial charge is 0.421 e. The van der Waals surface area contributed by atoms with Crippen LogP contribution in [-0.2, 0) is 19.4 Å². The predicted molar refractivity (Wildman–Crippen MR) is 55.9 cm³/mol. The number of hydrogen-bond acceptors (Lipinski definition) is 5. The van der Waals surface area contributed by atoms with E-state index in [2.05, 4.69) is 4.74 Å². The van der Waals surface area contributed by atoms with Crippen molar-refractivity contribution in [2.24, 2.45) is 0 Å². The van der Waals surface area contributed by atoms with Crippen LogP contribution in [0.4, 0.5) is 0 Å². The fraction of sp³-hybridized carbons (Fsp3) is 0.200. The quantitative estimate of drug-likeness (QED) is 0.440. The molecular weight excluding hydrogens is 232 g/mol. The third-order valence-electron chi connectivity index (χ3n) is 1.75. The van der Waals surface area contributed by atoms with E-state index in [9.17, 15) is 18.0 Å². The normalized spacial score (nSPS) is 10.9. The smallest absolute Gasteiger partial charge is 0.379 e. The fourth-order valence-electron chi connectivity index (χ4n) is 0.934. The molecule has 0 amide bonds. The Labute approximate surface area is 93.0 Å². The summed E-state index contributed by atoms with van der Waals surface area (Å²) in [7, 11) is -3.27. The zero-order valence-corrected chi connectivity index (χ0v) is 9.58. The Kier molecular flexibility index (Phi) is 3.44. The van der Waals surface area contributed by atoms with Gasteiger partial charge in [-0.3, -0.25) is 4.79 Å². The standard InChI is InChI=1S/C10H10O5S/c1-7(11)10(12)15-8-3-5-9(6-4-8)16(2,13)14/h3-6H,1-2H3. The molecule has 0 aliphatic heterocycles. The highest BCUT2D eigenvalue weighted by Crippen LogP contribution is 2.15. The SMILES string of the molecule is CC(=O)C(=O)Oc1ccc(S(C)(=O)=O)cc1. The average molecular weight is 242 g/mol. The van der Waals surface area contributed by atoms with Crippen molar-refractivity contribution < 1.29 is 22.7 Å². The summed E-state index contributed by atoms with van der Waals surface area (Å²) in [6.07, 6.45) is 1.07. The van der Waals surface area contributed by atoms with E-state index >= 15 is 0 Å². The van der Waals surface area contributed by atoms with Crippen LogP contribution >= 0.6 is 0 Å². The molecule has 6 heteroatoms. The van der Waals surface area contributed by atoms with Gasteiger partial charge in [0.25, 0.3) is 0 Å². The molecule has 0 saturated heterocycles. The molecule has 0 bridgehead atoms. The van der Waals surface area contributed by atoms with E-state index < -0.39 is 21.6 Å². The van der Waals surface area contributed by atoms with Crippen LogP contribution in [0.5, 0.6) is 5.75 Å². The second-order valence-electron chi connectivity index (χ2n) is 3.19. The van der Waals surface area contributed by atoms with Crippen molar-refractivity contribution in [2.75, 3.05) is 6.26 Å². The van der Waals surface area contributed by atoms with Crippen LogP contribution in [0.3, 0.4) is 0 Å². The molecule has 0 saturated carbocycles. The van der Waals surface area contributed by atoms with Crippen molar-refractivity contribution in [3.63, 3.8) is 0 Å². The zero-order chi connectivity index (χ0) is 12.3. The summed E-state index contributed by atoms with van der Waals surface area (Å²) in [5, 5.41) is 0. The summed E-state index contributed by atoms with van der Waals surface area (Å²) in [6.45, 7) is 1.09. The second-order valence-corrected chi connectivity index (χ2v) is 5.21. The number of esters is 1. The minimum Gasteiger partial charge on any atom is -0.421 e. The van der Waals surface area contributed by atoms with Gasteiger partial charge < -0.3 is 4.74 Å². The van der Waals surface area contributed by atoms with Gasteiger partial charge in [-0.05, 0) is 24.3 Å². The first-order chi connectivity index (χ1) is 7.30. The minimum atomic E-state index is -3.27. The predicted octanol–water partition coefficient (Wildman–Crippen LogP) is 0.585. The second kappa shape index (κ2) is 4.44. The van der Waals surface area contributed by atoms with Gasteiger partial charge in [-0.1, -0.05) is 0 Å². The van der Waals surface area contributed by atoms with Gasteiger partial charge >= 0.3 is 5.97 Å². The van der Waals surface area contributed by atoms with Crippen LogP contribution in [0.2, 0.25) is 0 Å². The van der Waals surface area contributed by atoms with E-state index in [0.29, 0.717) is 0 Å². The number of carbonyl (C=O) groups is 2. The lowest BCUT2D eigenvalue weighted by Crippen LogP contribution is -2.16. The van der Waals surface area contributed by atoms with Crippen molar-refractivity contribution in [3.8, 4) is 5.75 Å². The molecule has 1 rings (SSSR count). The number of rotatable bonds is 3. The highest BCUT2D eigenvalue weighted by Gasteiger charge is 2.11. The van der Waals surface area contributed by atoms with Crippen LogP contribution in [0.25, 0.3) is 0 Å². The summed E-state index contributed by atoms with van der Waals surface area (Å²) in [5.41, 5.74) is 0. The molecule has 0 unspecified atom stereocenters. The number of hydrogen-bond donors (Lipinski definition) is 0. The Hall–Kier alpha value is -1.69. The highest BCUT2D eigenvalue weighted by molar-refractivity contribution is 7.90. The van der Waals surface area contributed by atoms with Crippen molar-refractivity contribution in [3.05, 3.63) is 24.3 Å². The van der Waals surface area contributed by atoms with Gasteiger partial charge in [0.2, 0.25) is 5.78 Å². The van der Waals surface area contributed by atoms with Gasteiger partial charge in [0.15, 0.2) is 9.84 Å². The summed E-state index contributed by atoms with van der Waals surface area (Å²) in [6, 6.07) is 5.24. The monoisotopic (exact) mass is 242 g/mol. The van der Waals surface area contributed by atoms with Crippen molar-refractivity contribution in [1.82, 2.24) is 0 Å². The average Bonchev–Trinajstić information content (AvgIpc) is 2.17. The van der Waals surface area contributed by atoms with Gasteiger partial charge in [0.05, 0.1) is 4.90 Å². The molecule has 0 aliphatic carbocycles. The molecular formula is C10H10O5S. The molecule has 5 nitrogen and oxygen atoms in total. The first-order valence-electron chi connectivity index (χ1n) is 4.33. The van der Waals surface area contributed by atoms with E-state index in [1.54, 1.807) is 0 Å². The molecule has 1 aromatic carbocycles. The number of carbonyl (C=O) groups excluding carboxylic acids is 2. The third-order valence-corrected chi connectivity index (χ3v) is 2.88. The fourth-order valence-corrected chi connectivity index (χ4v) is 1.56. The number of benzene rings is 1. The van der Waals surface area contributed by atoms with Crippen molar-refractivity contribution in [1.29, 1.82) is 0 Å². The molecule has 16 heavy (non-hydrogen) atoms. The van der Waals surface area contributed by atoms with E-state index in [-0.39, 0.29) is 10.6 Å². The number of ether oxygens (including phenoxy) is 1. The molecule has 0 heterocycles. The Bertz CT molecular complexity index is 513. The van der Waals surface area contributed by atoms with Crippen LogP contribution in [0, 0.1) is 0 Å². The molecule has 0 radical (unpaired) electrons. The maximum absolute atomic E-state index is 11.1. The third kappa shape index (κ3) is 3.16. The molecule has 0 aliphatic rings. The zero-order valence-electron chi connectivity index (χ0n) is 8.76. The number of Topliss-reactive ketones (excluding diaryl/α,β-unsaturated/α-hetero) is 1. The van der Waals surface area contributed by atoms with Gasteiger partial charge in [-0.25, -0.2) is 13.2 Å². The van der Waals surface area contributed by atoms with Crippen molar-refractivity contribution in [2.45, 2.75) is 11.8 Å².